The number of halogens is 1. The summed E-state index contributed by atoms with van der Waals surface area (Å²) in [4.78, 5) is 0. The second-order valence-electron chi connectivity index (χ2n) is 1.60. The molecule has 0 amide bonds. The highest BCUT2D eigenvalue weighted by Gasteiger charge is 2.00. The first-order valence-corrected chi connectivity index (χ1v) is 3.51. The largest absolute Gasteiger partial charge is 0.388 e. The Morgan fingerprint density at radius 2 is 2.38 bits per heavy atom. The Morgan fingerprint density at radius 1 is 1.88 bits per heavy atom. The molecule has 0 rings (SSSR count). The summed E-state index contributed by atoms with van der Waals surface area (Å²) >= 11 is 3.21. The zero-order valence-corrected chi connectivity index (χ0v) is 6.77. The molecule has 0 aliphatic carbocycles. The molecule has 1 unspecified atom stereocenters. The third-order valence-electron chi connectivity index (χ3n) is 0.981. The summed E-state index contributed by atoms with van der Waals surface area (Å²) in [6.45, 7) is 3.83. The fourth-order valence-corrected chi connectivity index (χ4v) is 0.711. The van der Waals surface area contributed by atoms with Gasteiger partial charge in [-0.05, 0) is 13.3 Å². The number of rotatable bonds is 2. The van der Waals surface area contributed by atoms with Gasteiger partial charge in [0.15, 0.2) is 0 Å². The monoisotopic (exact) mass is 178 g/mol. The van der Waals surface area contributed by atoms with Crippen LogP contribution in [0.3, 0.4) is 0 Å². The van der Waals surface area contributed by atoms with E-state index in [1.165, 1.54) is 0 Å². The van der Waals surface area contributed by atoms with E-state index in [2.05, 4.69) is 15.9 Å². The quantitative estimate of drug-likeness (QED) is 0.687. The Morgan fingerprint density at radius 3 is 2.50 bits per heavy atom. The summed E-state index contributed by atoms with van der Waals surface area (Å²) in [5.74, 6) is 0. The van der Waals surface area contributed by atoms with E-state index in [9.17, 15) is 0 Å². The Balaban J connectivity index is 3.63. The molecule has 48 valence electrons. The first kappa shape index (κ1) is 8.18. The normalized spacial score (nSPS) is 16.2. The minimum Gasteiger partial charge on any atom is -0.388 e. The van der Waals surface area contributed by atoms with Crippen LogP contribution in [-0.4, -0.2) is 11.2 Å². The van der Waals surface area contributed by atoms with Gasteiger partial charge in [-0.25, -0.2) is 0 Å². The smallest absolute Gasteiger partial charge is 0.0848 e. The van der Waals surface area contributed by atoms with Crippen LogP contribution in [0.1, 0.15) is 20.3 Å². The average molecular weight is 179 g/mol. The first-order chi connectivity index (χ1) is 3.72. The minimum atomic E-state index is -0.306. The van der Waals surface area contributed by atoms with E-state index in [1.54, 1.807) is 0 Å². The molecule has 0 aliphatic rings. The summed E-state index contributed by atoms with van der Waals surface area (Å²) in [6.07, 6.45) is 2.32. The summed E-state index contributed by atoms with van der Waals surface area (Å²) < 4.78 is 0.875. The zero-order valence-electron chi connectivity index (χ0n) is 5.19. The third-order valence-corrected chi connectivity index (χ3v) is 1.97. The predicted molar refractivity (Wildman–Crippen MR) is 39.0 cm³/mol. The maximum atomic E-state index is 9.01. The van der Waals surface area contributed by atoms with Crippen LogP contribution in [0, 0.1) is 0 Å². The molecule has 0 spiro atoms. The highest BCUT2D eigenvalue weighted by atomic mass is 79.9. The number of aliphatic hydroxyl groups is 1. The van der Waals surface area contributed by atoms with Crippen molar-refractivity contribution in [2.75, 3.05) is 0 Å². The second-order valence-corrected chi connectivity index (χ2v) is 2.51. The molecule has 0 aromatic carbocycles. The van der Waals surface area contributed by atoms with Crippen molar-refractivity contribution in [2.24, 2.45) is 0 Å². The fraction of sp³-hybridized carbons (Fsp3) is 0.667. The second kappa shape index (κ2) is 4.10. The number of hydrogen-bond acceptors (Lipinski definition) is 1. The van der Waals surface area contributed by atoms with Crippen LogP contribution in [0.4, 0.5) is 0 Å². The molecule has 0 heterocycles. The highest BCUT2D eigenvalue weighted by molar-refractivity contribution is 9.11. The molecule has 0 aromatic heterocycles. The van der Waals surface area contributed by atoms with Crippen molar-refractivity contribution in [2.45, 2.75) is 26.4 Å². The number of hydrogen-bond donors (Lipinski definition) is 1. The lowest BCUT2D eigenvalue weighted by Gasteiger charge is -2.03. The van der Waals surface area contributed by atoms with Crippen LogP contribution in [0.15, 0.2) is 10.6 Å². The lowest BCUT2D eigenvalue weighted by atomic mass is 10.2. The van der Waals surface area contributed by atoms with E-state index in [0.29, 0.717) is 0 Å². The minimum absolute atomic E-state index is 0.306. The van der Waals surface area contributed by atoms with Crippen LogP contribution in [0.2, 0.25) is 0 Å². The molecule has 8 heavy (non-hydrogen) atoms. The van der Waals surface area contributed by atoms with Crippen LogP contribution < -0.4 is 0 Å². The highest BCUT2D eigenvalue weighted by Crippen LogP contribution is 2.12. The lowest BCUT2D eigenvalue weighted by molar-refractivity contribution is 0.216. The van der Waals surface area contributed by atoms with Crippen LogP contribution in [0.25, 0.3) is 0 Å². The molecule has 0 bridgehead atoms. The van der Waals surface area contributed by atoms with Crippen LogP contribution >= 0.6 is 15.9 Å². The van der Waals surface area contributed by atoms with E-state index in [0.717, 1.165) is 10.9 Å². The maximum absolute atomic E-state index is 9.01. The molecule has 2 heteroatoms. The average Bonchev–Trinajstić information content (AvgIpc) is 1.84. The van der Waals surface area contributed by atoms with Gasteiger partial charge in [0.25, 0.3) is 0 Å². The van der Waals surface area contributed by atoms with Crippen LogP contribution in [0.5, 0.6) is 0 Å². The van der Waals surface area contributed by atoms with Gasteiger partial charge < -0.3 is 5.11 Å². The van der Waals surface area contributed by atoms with E-state index < -0.39 is 0 Å². The van der Waals surface area contributed by atoms with Gasteiger partial charge in [0, 0.05) is 4.48 Å². The Hall–Kier alpha value is 0.180. The predicted octanol–water partition coefficient (Wildman–Crippen LogP) is 2.06. The molecule has 0 aliphatic heterocycles. The van der Waals surface area contributed by atoms with E-state index in [4.69, 9.17) is 5.11 Å². The van der Waals surface area contributed by atoms with Crippen molar-refractivity contribution in [1.82, 2.24) is 0 Å². The van der Waals surface area contributed by atoms with Gasteiger partial charge in [-0.1, -0.05) is 28.9 Å². The molecular formula is C6H11BrO. The first-order valence-electron chi connectivity index (χ1n) is 2.72. The number of aliphatic hydroxyl groups excluding tert-OH is 1. The van der Waals surface area contributed by atoms with E-state index in [1.807, 2.05) is 19.9 Å². The van der Waals surface area contributed by atoms with Gasteiger partial charge >= 0.3 is 0 Å². The van der Waals surface area contributed by atoms with Gasteiger partial charge in [0.1, 0.15) is 0 Å². The molecule has 0 saturated carbocycles. The maximum Gasteiger partial charge on any atom is 0.0848 e. The molecule has 0 aromatic rings. The molecule has 1 atom stereocenters. The molecule has 0 saturated heterocycles. The summed E-state index contributed by atoms with van der Waals surface area (Å²) in [5, 5.41) is 9.01. The van der Waals surface area contributed by atoms with Gasteiger partial charge in [-0.15, -0.1) is 0 Å². The van der Waals surface area contributed by atoms with Crippen molar-refractivity contribution in [3.8, 4) is 0 Å². The molecule has 0 radical (unpaired) electrons. The van der Waals surface area contributed by atoms with Crippen molar-refractivity contribution < 1.29 is 5.11 Å². The standard InChI is InChI=1S/C6H11BrO/c1-3-5(7)6(8)4-2/h3,6,8H,4H2,1-2H3/b5-3-. The van der Waals surface area contributed by atoms with Crippen molar-refractivity contribution in [1.29, 1.82) is 0 Å². The SMILES string of the molecule is C/C=C(\Br)C(O)CC. The molecule has 0 fully saturated rings. The molecule has 1 nitrogen and oxygen atoms in total. The van der Waals surface area contributed by atoms with Crippen molar-refractivity contribution in [3.05, 3.63) is 10.6 Å². The van der Waals surface area contributed by atoms with Crippen LogP contribution in [-0.2, 0) is 0 Å². The Labute approximate surface area is 58.5 Å². The van der Waals surface area contributed by atoms with E-state index in [-0.39, 0.29) is 6.10 Å². The fourth-order valence-electron chi connectivity index (χ4n) is 0.387. The Kier molecular flexibility index (Phi) is 4.19. The molecular weight excluding hydrogens is 168 g/mol. The summed E-state index contributed by atoms with van der Waals surface area (Å²) in [5.41, 5.74) is 0. The van der Waals surface area contributed by atoms with Gasteiger partial charge in [0.05, 0.1) is 6.10 Å². The Bertz CT molecular complexity index is 88.5. The van der Waals surface area contributed by atoms with Crippen molar-refractivity contribution >= 4 is 15.9 Å². The topological polar surface area (TPSA) is 20.2 Å². The summed E-state index contributed by atoms with van der Waals surface area (Å²) in [6, 6.07) is 0. The van der Waals surface area contributed by atoms with Gasteiger partial charge in [0.2, 0.25) is 0 Å². The van der Waals surface area contributed by atoms with Gasteiger partial charge in [-0.3, -0.25) is 0 Å². The number of allylic oxidation sites excluding steroid dienone is 1. The third kappa shape index (κ3) is 2.48. The zero-order chi connectivity index (χ0) is 6.57. The van der Waals surface area contributed by atoms with Crippen molar-refractivity contribution in [3.63, 3.8) is 0 Å². The van der Waals surface area contributed by atoms with Gasteiger partial charge in [-0.2, -0.15) is 0 Å². The molecule has 1 N–H and O–H groups in total. The van der Waals surface area contributed by atoms with E-state index >= 15 is 0 Å². The lowest BCUT2D eigenvalue weighted by Crippen LogP contribution is -2.02. The summed E-state index contributed by atoms with van der Waals surface area (Å²) in [7, 11) is 0.